The number of sulfonamides is 2. The molecule has 4 aromatic rings. The molecule has 0 radical (unpaired) electrons. The van der Waals surface area contributed by atoms with E-state index in [0.717, 1.165) is 11.1 Å². The van der Waals surface area contributed by atoms with Gasteiger partial charge in [-0.25, -0.2) is 38.2 Å². The molecule has 0 aliphatic heterocycles. The molecule has 0 spiro atoms. The van der Waals surface area contributed by atoms with Gasteiger partial charge in [-0.15, -0.1) is 0 Å². The standard InChI is InChI=1S/C36H38N8O4S2/c1-3-21-17-23(13-15-27(21)35(49(41,45)46)19-31(43-39)33(37)25-9-5-7-11-29(25)35)24-14-16-28(22(4-2)18-24)36(50(42,47)48)20-32(44-40)34(38)26-10-6-8-12-30(26)36/h5-18,39-40H,3-4,19-20,37-38H2,1-2H3,(H2,41,45,46)(H2,42,47,48)/b43-39+,44-40+. The van der Waals surface area contributed by atoms with Gasteiger partial charge < -0.3 is 11.5 Å². The Hall–Kier alpha value is -5.02. The molecule has 50 heavy (non-hydrogen) atoms. The van der Waals surface area contributed by atoms with Crippen LogP contribution in [0.2, 0.25) is 2.82 Å². The summed E-state index contributed by atoms with van der Waals surface area (Å²) in [6.45, 7) is 3.82. The Balaban J connectivity index is 1.55. The average molecular weight is 711 g/mol. The minimum absolute atomic E-state index is 0.133. The van der Waals surface area contributed by atoms with Gasteiger partial charge in [0.25, 0.3) is 0 Å². The van der Waals surface area contributed by atoms with Gasteiger partial charge in [0.2, 0.25) is 22.9 Å². The van der Waals surface area contributed by atoms with E-state index in [1.54, 1.807) is 72.8 Å². The van der Waals surface area contributed by atoms with Gasteiger partial charge in [0, 0.05) is 24.0 Å². The summed E-state index contributed by atoms with van der Waals surface area (Å²) in [5, 5.41) is 20.0. The summed E-state index contributed by atoms with van der Waals surface area (Å²) in [7, 11) is -8.77. The van der Waals surface area contributed by atoms with Gasteiger partial charge in [0.05, 0.1) is 22.8 Å². The third-order valence-electron chi connectivity index (χ3n) is 10.1. The fourth-order valence-electron chi connectivity index (χ4n) is 7.70. The maximum atomic E-state index is 13.8. The molecule has 2 aliphatic rings. The summed E-state index contributed by atoms with van der Waals surface area (Å²) < 4.78 is 66.4. The van der Waals surface area contributed by atoms with E-state index in [1.165, 1.54) is 0 Å². The van der Waals surface area contributed by atoms with E-state index in [2.05, 4.69) is 21.3 Å². The molecule has 2 atom stereocenters. The van der Waals surface area contributed by atoms with Crippen LogP contribution >= 0.6 is 0 Å². The molecule has 0 bridgehead atoms. The number of hydrogen-bond donors (Lipinski definition) is 6. The topological polar surface area (TPSA) is 245 Å². The fourth-order valence-corrected chi connectivity index (χ4v) is 10.4. The highest BCUT2D eigenvalue weighted by Gasteiger charge is 2.52. The van der Waals surface area contributed by atoms with Gasteiger partial charge in [0.15, 0.2) is 0 Å². The molecule has 0 aromatic heterocycles. The van der Waals surface area contributed by atoms with E-state index in [4.69, 9.17) is 24.6 Å². The van der Waals surface area contributed by atoms with Crippen LogP contribution in [0.15, 0.2) is 107 Å². The molecule has 14 heteroatoms. The zero-order valence-corrected chi connectivity index (χ0v) is 29.1. The van der Waals surface area contributed by atoms with Gasteiger partial charge in [0.1, 0.15) is 9.49 Å². The number of fused-ring (bicyclic) bond motifs is 2. The smallest absolute Gasteiger partial charge is 0.223 e. The number of primary sulfonamides is 2. The van der Waals surface area contributed by atoms with Crippen molar-refractivity contribution in [2.24, 2.45) is 32.0 Å². The van der Waals surface area contributed by atoms with Crippen molar-refractivity contribution < 1.29 is 19.7 Å². The molecule has 4 aromatic carbocycles. The molecule has 10 N–H and O–H groups in total. The summed E-state index contributed by atoms with van der Waals surface area (Å²) in [6, 6.07) is 24.5. The van der Waals surface area contributed by atoms with Gasteiger partial charge in [-0.05, 0) is 57.3 Å². The van der Waals surface area contributed by atoms with Crippen molar-refractivity contribution in [1.82, 2.24) is 0 Å². The first-order valence-corrected chi connectivity index (χ1v) is 19.0. The van der Waals surface area contributed by atoms with Crippen molar-refractivity contribution in [3.63, 3.8) is 0 Å². The molecule has 6 rings (SSSR count). The van der Waals surface area contributed by atoms with E-state index < -0.39 is 29.5 Å². The van der Waals surface area contributed by atoms with Crippen molar-refractivity contribution in [1.29, 1.82) is 11.0 Å². The van der Waals surface area contributed by atoms with Crippen LogP contribution in [0.3, 0.4) is 0 Å². The number of allylic oxidation sites excluding steroid dienone is 2. The quantitative estimate of drug-likeness (QED) is 0.119. The summed E-state index contributed by atoms with van der Waals surface area (Å²) in [4.78, 5) is 0. The molecule has 0 saturated heterocycles. The number of hydrogen-bond acceptors (Lipinski definition) is 10. The van der Waals surface area contributed by atoms with E-state index in [1.807, 2.05) is 26.0 Å². The van der Waals surface area contributed by atoms with Crippen LogP contribution in [0.5, 0.6) is 0 Å². The van der Waals surface area contributed by atoms with Crippen LogP contribution in [0, 0.1) is 11.0 Å². The van der Waals surface area contributed by atoms with Gasteiger partial charge >= 0.3 is 0 Å². The van der Waals surface area contributed by atoms with Crippen molar-refractivity contribution in [2.75, 3.05) is 0 Å². The van der Waals surface area contributed by atoms with Gasteiger partial charge in [-0.2, -0.15) is 10.2 Å². The molecule has 0 heterocycles. The second-order valence-electron chi connectivity index (χ2n) is 12.6. The molecule has 12 nitrogen and oxygen atoms in total. The Labute approximate surface area is 294 Å². The second-order valence-corrected chi connectivity index (χ2v) is 16.1. The van der Waals surface area contributed by atoms with E-state index >= 15 is 0 Å². The molecule has 0 saturated carbocycles. The third kappa shape index (κ3) is 5.01. The molecule has 2 aliphatic carbocycles. The normalized spacial score (nSPS) is 21.7. The Morgan fingerprint density at radius 1 is 0.640 bits per heavy atom. The minimum atomic E-state index is -4.39. The lowest BCUT2D eigenvalue weighted by Crippen LogP contribution is -2.45. The van der Waals surface area contributed by atoms with Gasteiger partial charge in [-0.1, -0.05) is 98.8 Å². The maximum Gasteiger partial charge on any atom is 0.223 e. The van der Waals surface area contributed by atoms with E-state index in [9.17, 15) is 16.8 Å². The van der Waals surface area contributed by atoms with Crippen LogP contribution < -0.4 is 21.7 Å². The lowest BCUT2D eigenvalue weighted by Gasteiger charge is -2.39. The lowest BCUT2D eigenvalue weighted by atomic mass is 9.75. The number of rotatable bonds is 9. The first kappa shape index (κ1) is 32.2. The molecule has 0 amide bonds. The Morgan fingerprint density at radius 2 is 1.02 bits per heavy atom. The summed E-state index contributed by atoms with van der Waals surface area (Å²) in [6.07, 6.45) is 0.413. The van der Waals surface area contributed by atoms with Crippen LogP contribution in [0.4, 0.5) is 0 Å². The van der Waals surface area contributed by atoms with Crippen molar-refractivity contribution >= 4 is 31.4 Å². The van der Waals surface area contributed by atoms with Crippen LogP contribution in [0.1, 0.15) is 71.2 Å². The fraction of sp³-hybridized carbons (Fsp3) is 0.222. The maximum absolute atomic E-state index is 13.8. The molecule has 2 unspecified atom stereocenters. The molecular weight excluding hydrogens is 673 g/mol. The number of aryl methyl sites for hydroxylation is 2. The van der Waals surface area contributed by atoms with Crippen molar-refractivity contribution in [2.45, 2.75) is 49.0 Å². The third-order valence-corrected chi connectivity index (χ3v) is 13.3. The van der Waals surface area contributed by atoms with Crippen molar-refractivity contribution in [3.05, 3.63) is 141 Å². The zero-order chi connectivity index (χ0) is 37.6. The number of nitrogens with one attached hydrogen (secondary N) is 2. The highest BCUT2D eigenvalue weighted by atomic mass is 32.2. The zero-order valence-electron chi connectivity index (χ0n) is 29.5. The van der Waals surface area contributed by atoms with E-state index in [-0.39, 0.29) is 35.6 Å². The van der Waals surface area contributed by atoms with Crippen LogP contribution in [-0.2, 0) is 42.4 Å². The molecular formula is C36H38N8O4S2. The lowest BCUT2D eigenvalue weighted by molar-refractivity contribution is 0.543. The predicted octanol–water partition coefficient (Wildman–Crippen LogP) is 5.67. The average Bonchev–Trinajstić information content (AvgIpc) is 3.13. The Morgan fingerprint density at radius 3 is 1.36 bits per heavy atom. The second kappa shape index (κ2) is 12.4. The summed E-state index contributed by atoms with van der Waals surface area (Å²) in [5.74, 6) is 0. The van der Waals surface area contributed by atoms with Crippen molar-refractivity contribution in [3.8, 4) is 11.1 Å². The largest absolute Gasteiger partial charge is 0.397 e. The summed E-state index contributed by atoms with van der Waals surface area (Å²) in [5.41, 5.74) is 25.3. The first-order valence-electron chi connectivity index (χ1n) is 16.8. The summed E-state index contributed by atoms with van der Waals surface area (Å²) >= 11 is 0. The SMILES string of the molecule is [H]/N=N/C1=C(N)c2ccccc2C(c2ccc(-c3ccc(C4(S(N)(=O)=O)CC(/N=N/[H])=C(N)c5ccccc54)c(CC)c3)cc2CC)(S(N)(=O)=O)C1. The van der Waals surface area contributed by atoms with E-state index in [0.29, 0.717) is 57.3 Å². The van der Waals surface area contributed by atoms with Crippen LogP contribution in [-0.4, -0.2) is 16.8 Å². The van der Waals surface area contributed by atoms with Crippen LogP contribution in [0.25, 0.3) is 22.5 Å². The Kier molecular flexibility index (Phi) is 7.98. The minimum Gasteiger partial charge on any atom is -0.397 e. The Bertz CT molecular complexity index is 2300. The molecule has 258 valence electrons. The number of nitrogens with zero attached hydrogens (tertiary/aromatic N) is 2. The molecule has 0 fully saturated rings. The van der Waals surface area contributed by atoms with Gasteiger partial charge in [-0.3, -0.25) is 0 Å². The first-order chi connectivity index (χ1) is 24.7. The monoisotopic (exact) mass is 710 g/mol. The highest BCUT2D eigenvalue weighted by molar-refractivity contribution is 7.90. The highest BCUT2D eigenvalue weighted by Crippen LogP contribution is 2.52. The predicted molar refractivity (Wildman–Crippen MR) is 193 cm³/mol. The number of nitrogens with two attached hydrogens (primary N) is 4. The number of benzene rings is 4.